The van der Waals surface area contributed by atoms with Crippen molar-refractivity contribution < 1.29 is 8.42 Å². The van der Waals surface area contributed by atoms with E-state index in [0.717, 1.165) is 11.3 Å². The van der Waals surface area contributed by atoms with Crippen molar-refractivity contribution in [2.75, 3.05) is 5.73 Å². The molecule has 0 fully saturated rings. The molecule has 17 heavy (non-hydrogen) atoms. The molecule has 1 aromatic carbocycles. The van der Waals surface area contributed by atoms with Crippen LogP contribution in [-0.4, -0.2) is 13.4 Å². The Morgan fingerprint density at radius 3 is 2.35 bits per heavy atom. The van der Waals surface area contributed by atoms with Crippen molar-refractivity contribution in [3.63, 3.8) is 0 Å². The Labute approximate surface area is 108 Å². The predicted molar refractivity (Wildman–Crippen MR) is 68.2 cm³/mol. The second kappa shape index (κ2) is 4.29. The molecule has 4 nitrogen and oxygen atoms in total. The third kappa shape index (κ3) is 2.29. The van der Waals surface area contributed by atoms with Gasteiger partial charge in [-0.25, -0.2) is 13.4 Å². The van der Waals surface area contributed by atoms with Gasteiger partial charge in [0.1, 0.15) is 4.21 Å². The zero-order chi connectivity index (χ0) is 12.6. The lowest BCUT2D eigenvalue weighted by molar-refractivity contribution is 0.597. The molecule has 0 radical (unpaired) electrons. The van der Waals surface area contributed by atoms with E-state index < -0.39 is 9.84 Å². The fourth-order valence-corrected chi connectivity index (χ4v) is 4.19. The molecule has 0 aliphatic rings. The Bertz CT molecular complexity index is 647. The standard InChI is InChI=1S/C10H9ClN2O2S2/c1-6-9(16-10(12)13-6)17(14,15)8-4-2-7(11)3-5-8/h2-5H,1H3,(H2,12,13). The molecule has 1 heterocycles. The highest BCUT2D eigenvalue weighted by atomic mass is 35.5. The number of rotatable bonds is 2. The van der Waals surface area contributed by atoms with E-state index in [2.05, 4.69) is 4.98 Å². The number of nitrogens with zero attached hydrogens (tertiary/aromatic N) is 1. The molecule has 0 saturated heterocycles. The Morgan fingerprint density at radius 2 is 1.88 bits per heavy atom. The highest BCUT2D eigenvalue weighted by Gasteiger charge is 2.23. The Hall–Kier alpha value is -1.11. The first kappa shape index (κ1) is 12.3. The van der Waals surface area contributed by atoms with E-state index in [1.165, 1.54) is 24.3 Å². The quantitative estimate of drug-likeness (QED) is 0.921. The van der Waals surface area contributed by atoms with Crippen molar-refractivity contribution in [1.29, 1.82) is 0 Å². The number of hydrogen-bond acceptors (Lipinski definition) is 5. The normalized spacial score (nSPS) is 11.6. The van der Waals surface area contributed by atoms with Crippen LogP contribution in [0.3, 0.4) is 0 Å². The summed E-state index contributed by atoms with van der Waals surface area (Å²) in [6, 6.07) is 6.00. The van der Waals surface area contributed by atoms with Crippen LogP contribution in [-0.2, 0) is 9.84 Å². The van der Waals surface area contributed by atoms with Gasteiger partial charge < -0.3 is 5.73 Å². The van der Waals surface area contributed by atoms with Gasteiger partial charge in [0, 0.05) is 5.02 Å². The number of nitrogen functional groups attached to an aromatic ring is 1. The van der Waals surface area contributed by atoms with Crippen LogP contribution in [0.1, 0.15) is 5.69 Å². The molecule has 0 aliphatic heterocycles. The summed E-state index contributed by atoms with van der Waals surface area (Å²) in [7, 11) is -3.55. The molecule has 0 unspecified atom stereocenters. The first-order valence-corrected chi connectivity index (χ1v) is 7.32. The van der Waals surface area contributed by atoms with Gasteiger partial charge in [-0.05, 0) is 31.2 Å². The molecule has 2 rings (SSSR count). The molecule has 2 N–H and O–H groups in total. The number of thiazole rings is 1. The summed E-state index contributed by atoms with van der Waals surface area (Å²) in [5.41, 5.74) is 5.92. The third-order valence-corrected chi connectivity index (χ3v) is 5.76. The van der Waals surface area contributed by atoms with E-state index in [-0.39, 0.29) is 14.2 Å². The number of aromatic nitrogens is 1. The van der Waals surface area contributed by atoms with Gasteiger partial charge in [0.25, 0.3) is 0 Å². The summed E-state index contributed by atoms with van der Waals surface area (Å²) in [6.45, 7) is 1.62. The van der Waals surface area contributed by atoms with E-state index in [1.54, 1.807) is 6.92 Å². The van der Waals surface area contributed by atoms with Gasteiger partial charge in [0.15, 0.2) is 5.13 Å². The van der Waals surface area contributed by atoms with Gasteiger partial charge in [-0.2, -0.15) is 0 Å². The monoisotopic (exact) mass is 288 g/mol. The number of aryl methyl sites for hydroxylation is 1. The van der Waals surface area contributed by atoms with Gasteiger partial charge in [-0.15, -0.1) is 0 Å². The van der Waals surface area contributed by atoms with E-state index in [4.69, 9.17) is 17.3 Å². The fourth-order valence-electron chi connectivity index (χ4n) is 1.37. The maximum atomic E-state index is 12.3. The van der Waals surface area contributed by atoms with Crippen molar-refractivity contribution in [2.24, 2.45) is 0 Å². The Balaban J connectivity index is 2.57. The molecular weight excluding hydrogens is 280 g/mol. The Kier molecular flexibility index (Phi) is 3.11. The van der Waals surface area contributed by atoms with Crippen molar-refractivity contribution in [1.82, 2.24) is 4.98 Å². The molecule has 0 amide bonds. The zero-order valence-electron chi connectivity index (χ0n) is 8.84. The maximum absolute atomic E-state index is 12.3. The summed E-state index contributed by atoms with van der Waals surface area (Å²) < 4.78 is 24.7. The molecule has 0 bridgehead atoms. The molecule has 7 heteroatoms. The minimum atomic E-state index is -3.55. The van der Waals surface area contributed by atoms with Crippen LogP contribution < -0.4 is 5.73 Å². The molecule has 2 aromatic rings. The summed E-state index contributed by atoms with van der Waals surface area (Å²) in [6.07, 6.45) is 0. The van der Waals surface area contributed by atoms with E-state index in [1.807, 2.05) is 0 Å². The highest BCUT2D eigenvalue weighted by molar-refractivity contribution is 7.93. The molecule has 0 aliphatic carbocycles. The minimum absolute atomic E-state index is 0.178. The molecule has 0 saturated carbocycles. The van der Waals surface area contributed by atoms with Crippen LogP contribution in [0.25, 0.3) is 0 Å². The van der Waals surface area contributed by atoms with Crippen LogP contribution in [0.2, 0.25) is 5.02 Å². The smallest absolute Gasteiger partial charge is 0.217 e. The molecular formula is C10H9ClN2O2S2. The van der Waals surface area contributed by atoms with Crippen molar-refractivity contribution >= 4 is 37.9 Å². The summed E-state index contributed by atoms with van der Waals surface area (Å²) in [5.74, 6) is 0. The van der Waals surface area contributed by atoms with Gasteiger partial charge in [0.05, 0.1) is 10.6 Å². The van der Waals surface area contributed by atoms with Gasteiger partial charge >= 0.3 is 0 Å². The van der Waals surface area contributed by atoms with E-state index in [0.29, 0.717) is 10.7 Å². The van der Waals surface area contributed by atoms with Crippen LogP contribution >= 0.6 is 22.9 Å². The van der Waals surface area contributed by atoms with Crippen molar-refractivity contribution in [3.05, 3.63) is 35.0 Å². The lowest BCUT2D eigenvalue weighted by Gasteiger charge is -2.02. The number of hydrogen-bond donors (Lipinski definition) is 1. The molecule has 90 valence electrons. The van der Waals surface area contributed by atoms with Crippen molar-refractivity contribution in [3.8, 4) is 0 Å². The molecule has 1 aromatic heterocycles. The largest absolute Gasteiger partial charge is 0.375 e. The summed E-state index contributed by atoms with van der Waals surface area (Å²) in [5, 5.41) is 0.736. The fraction of sp³-hybridized carbons (Fsp3) is 0.100. The number of anilines is 1. The number of sulfone groups is 1. The SMILES string of the molecule is Cc1nc(N)sc1S(=O)(=O)c1ccc(Cl)cc1. The zero-order valence-corrected chi connectivity index (χ0v) is 11.2. The number of benzene rings is 1. The summed E-state index contributed by atoms with van der Waals surface area (Å²) in [4.78, 5) is 4.10. The molecule has 0 spiro atoms. The van der Waals surface area contributed by atoms with Crippen LogP contribution in [0.15, 0.2) is 33.4 Å². The van der Waals surface area contributed by atoms with Crippen LogP contribution in [0, 0.1) is 6.92 Å². The predicted octanol–water partition coefficient (Wildman–Crippen LogP) is 2.52. The summed E-state index contributed by atoms with van der Waals surface area (Å²) >= 11 is 6.68. The first-order chi connectivity index (χ1) is 7.91. The lowest BCUT2D eigenvalue weighted by Crippen LogP contribution is -2.01. The topological polar surface area (TPSA) is 73.0 Å². The van der Waals surface area contributed by atoms with Gasteiger partial charge in [-0.3, -0.25) is 0 Å². The average molecular weight is 289 g/mol. The van der Waals surface area contributed by atoms with Crippen molar-refractivity contribution in [2.45, 2.75) is 16.0 Å². The maximum Gasteiger partial charge on any atom is 0.217 e. The number of halogens is 1. The molecule has 0 atom stereocenters. The second-order valence-electron chi connectivity index (χ2n) is 3.38. The Morgan fingerprint density at radius 1 is 1.29 bits per heavy atom. The van der Waals surface area contributed by atoms with Gasteiger partial charge in [-0.1, -0.05) is 22.9 Å². The van der Waals surface area contributed by atoms with Gasteiger partial charge in [0.2, 0.25) is 9.84 Å². The first-order valence-electron chi connectivity index (χ1n) is 4.65. The number of nitrogens with two attached hydrogens (primary N) is 1. The third-order valence-electron chi connectivity index (χ3n) is 2.14. The lowest BCUT2D eigenvalue weighted by atomic mass is 10.4. The average Bonchev–Trinajstić information content (AvgIpc) is 2.59. The second-order valence-corrected chi connectivity index (χ2v) is 6.99. The van der Waals surface area contributed by atoms with E-state index in [9.17, 15) is 8.42 Å². The van der Waals surface area contributed by atoms with E-state index >= 15 is 0 Å². The van der Waals surface area contributed by atoms with Crippen LogP contribution in [0.4, 0.5) is 5.13 Å². The minimum Gasteiger partial charge on any atom is -0.375 e. The highest BCUT2D eigenvalue weighted by Crippen LogP contribution is 2.30. The van der Waals surface area contributed by atoms with Crippen LogP contribution in [0.5, 0.6) is 0 Å².